The second-order valence-electron chi connectivity index (χ2n) is 26.7. The molecule has 0 aliphatic rings. The summed E-state index contributed by atoms with van der Waals surface area (Å²) in [6.45, 7) is 4.74. The SMILES string of the molecule is CC(F)(F)c1nnc2cnc(-c3ccc(C(F)(F)F)cc3F)cn12.CC(F)(F)c1nnc2cnc(-c3ccc(OC(F)(F)F)cc3F)cn12.COCc1cc(OC(F)(F)F)ccc1-c1cn2c(C(C)(F)F)nnc2cn1.COc1cc(OC(F)(F)F)ccc1-c1cn2c(C(C)(F)F)nnc2cn1.Cc1cc(C(F)(F)F)ccc1-c1cn2c(C(C)(F)F)nnc2cn1. The lowest BCUT2D eigenvalue weighted by Crippen LogP contribution is -2.17. The highest BCUT2D eigenvalue weighted by Crippen LogP contribution is 2.41. The molecule has 0 N–H and O–H groups in total. The molecular weight excluding hydrogens is 1760 g/mol. The number of benzene rings is 5. The highest BCUT2D eigenvalue weighted by molar-refractivity contribution is 5.70. The fourth-order valence-corrected chi connectivity index (χ4v) is 11.5. The average molecular weight is 1810 g/mol. The van der Waals surface area contributed by atoms with Crippen LogP contribution in [-0.4, -0.2) is 131 Å². The second-order valence-corrected chi connectivity index (χ2v) is 26.7. The number of nitrogens with zero attached hydrogens (tertiary/aromatic N) is 20. The average Bonchev–Trinajstić information content (AvgIpc) is 1.71. The number of hydrogen-bond donors (Lipinski definition) is 0. The van der Waals surface area contributed by atoms with Crippen LogP contribution in [-0.2, 0) is 53.3 Å². The number of halogens is 27. The monoisotopic (exact) mass is 1810 g/mol. The molecule has 5 aromatic carbocycles. The fraction of sp³-hybridized carbons (Fsp3) is 0.257. The first kappa shape index (κ1) is 92.8. The minimum absolute atomic E-state index is 0.00240. The van der Waals surface area contributed by atoms with E-state index in [9.17, 15) is 119 Å². The van der Waals surface area contributed by atoms with E-state index in [0.717, 1.165) is 101 Å². The molecule has 0 atom stereocenters. The number of ether oxygens (including phenoxy) is 5. The number of fused-ring (bicyclic) bond motifs is 5. The Hall–Kier alpha value is -13.9. The number of aryl methyl sites for hydroxylation is 1. The van der Waals surface area contributed by atoms with Gasteiger partial charge in [-0.3, -0.25) is 46.9 Å². The maximum absolute atomic E-state index is 14.1. The van der Waals surface area contributed by atoms with E-state index in [2.05, 4.69) is 90.1 Å². The summed E-state index contributed by atoms with van der Waals surface area (Å²) in [6.07, 6.45) is -12.0. The molecule has 52 heteroatoms. The van der Waals surface area contributed by atoms with Gasteiger partial charge in [-0.25, -0.2) is 8.78 Å². The normalized spacial score (nSPS) is 12.6. The Kier molecular flexibility index (Phi) is 25.5. The number of hydrogen-bond acceptors (Lipinski definition) is 20. The first-order valence-electron chi connectivity index (χ1n) is 34.7. The minimum atomic E-state index is -4.96. The van der Waals surface area contributed by atoms with Gasteiger partial charge in [0.15, 0.2) is 28.2 Å². The molecule has 0 aliphatic heterocycles. The number of alkyl halides is 25. The van der Waals surface area contributed by atoms with Crippen molar-refractivity contribution in [3.8, 4) is 79.3 Å². The Labute approximate surface area is 685 Å². The molecule has 10 heterocycles. The third kappa shape index (κ3) is 22.2. The molecule has 0 amide bonds. The van der Waals surface area contributed by atoms with Crippen LogP contribution >= 0.6 is 0 Å². The molecule has 10 aromatic heterocycles. The molecule has 126 heavy (non-hydrogen) atoms. The van der Waals surface area contributed by atoms with E-state index in [0.29, 0.717) is 75.1 Å². The van der Waals surface area contributed by atoms with Gasteiger partial charge in [-0.1, -0.05) is 6.07 Å². The Bertz CT molecular complexity index is 6300. The van der Waals surface area contributed by atoms with Crippen molar-refractivity contribution < 1.29 is 142 Å². The van der Waals surface area contributed by atoms with Gasteiger partial charge in [0, 0.05) is 113 Å². The smallest absolute Gasteiger partial charge is 0.496 e. The summed E-state index contributed by atoms with van der Waals surface area (Å²) < 4.78 is 377. The van der Waals surface area contributed by atoms with E-state index in [1.54, 1.807) is 0 Å². The Morgan fingerprint density at radius 2 is 0.571 bits per heavy atom. The van der Waals surface area contributed by atoms with Crippen LogP contribution in [0.25, 0.3) is 84.5 Å². The van der Waals surface area contributed by atoms with Crippen molar-refractivity contribution in [3.05, 3.63) is 216 Å². The predicted molar refractivity (Wildman–Crippen MR) is 381 cm³/mol. The summed E-state index contributed by atoms with van der Waals surface area (Å²) in [5.41, 5.74) is 0.146. The van der Waals surface area contributed by atoms with Crippen molar-refractivity contribution in [1.29, 1.82) is 0 Å². The third-order valence-electron chi connectivity index (χ3n) is 16.8. The summed E-state index contributed by atoms with van der Waals surface area (Å²) in [5, 5.41) is 35.0. The molecule has 0 bridgehead atoms. The summed E-state index contributed by atoms with van der Waals surface area (Å²) >= 11 is 0. The van der Waals surface area contributed by atoms with Crippen molar-refractivity contribution in [2.75, 3.05) is 14.2 Å². The first-order chi connectivity index (χ1) is 58.3. The minimum Gasteiger partial charge on any atom is -0.496 e. The Morgan fingerprint density at radius 1 is 0.302 bits per heavy atom. The van der Waals surface area contributed by atoms with E-state index < -0.39 is 130 Å². The maximum atomic E-state index is 14.1. The summed E-state index contributed by atoms with van der Waals surface area (Å²) in [6, 6.07) is 14.5. The van der Waals surface area contributed by atoms with Gasteiger partial charge in [0.25, 0.3) is 0 Å². The highest BCUT2D eigenvalue weighted by atomic mass is 19.4. The largest absolute Gasteiger partial charge is 0.573 e. The van der Waals surface area contributed by atoms with Crippen LogP contribution in [0.5, 0.6) is 23.0 Å². The van der Waals surface area contributed by atoms with E-state index in [1.165, 1.54) is 76.5 Å². The Morgan fingerprint density at radius 3 is 0.865 bits per heavy atom. The molecule has 666 valence electrons. The highest BCUT2D eigenvalue weighted by Gasteiger charge is 2.40. The zero-order valence-electron chi connectivity index (χ0n) is 64.3. The van der Waals surface area contributed by atoms with Gasteiger partial charge in [0.1, 0.15) is 34.6 Å². The van der Waals surface area contributed by atoms with Crippen molar-refractivity contribution >= 4 is 28.2 Å². The van der Waals surface area contributed by atoms with Crippen molar-refractivity contribution in [3.63, 3.8) is 0 Å². The number of methoxy groups -OCH3 is 2. The lowest BCUT2D eigenvalue weighted by molar-refractivity contribution is -0.275. The summed E-state index contributed by atoms with van der Waals surface area (Å²) in [4.78, 5) is 20.0. The van der Waals surface area contributed by atoms with E-state index >= 15 is 0 Å². The van der Waals surface area contributed by atoms with E-state index in [4.69, 9.17) is 9.47 Å². The summed E-state index contributed by atoms with van der Waals surface area (Å²) in [5.74, 6) is -23.3. The van der Waals surface area contributed by atoms with Crippen molar-refractivity contribution in [2.24, 2.45) is 0 Å². The van der Waals surface area contributed by atoms with Crippen LogP contribution in [0.3, 0.4) is 0 Å². The van der Waals surface area contributed by atoms with Crippen LogP contribution < -0.4 is 18.9 Å². The van der Waals surface area contributed by atoms with Crippen LogP contribution in [0.2, 0.25) is 0 Å². The predicted octanol–water partition coefficient (Wildman–Crippen LogP) is 20.0. The maximum Gasteiger partial charge on any atom is 0.573 e. The quantitative estimate of drug-likeness (QED) is 0.0814. The zero-order chi connectivity index (χ0) is 92.7. The van der Waals surface area contributed by atoms with Gasteiger partial charge in [-0.2, -0.15) is 70.2 Å². The molecule has 15 rings (SSSR count). The van der Waals surface area contributed by atoms with Gasteiger partial charge in [0.2, 0.25) is 29.1 Å². The van der Waals surface area contributed by atoms with Crippen molar-refractivity contribution in [1.82, 2.24) is 97.9 Å². The molecular formula is C74H51F27N20O5. The van der Waals surface area contributed by atoms with Gasteiger partial charge in [0.05, 0.1) is 84.3 Å². The fourth-order valence-electron chi connectivity index (χ4n) is 11.5. The second kappa shape index (κ2) is 34.7. The van der Waals surface area contributed by atoms with Gasteiger partial charge < -0.3 is 23.7 Å². The molecule has 15 aromatic rings. The van der Waals surface area contributed by atoms with Crippen LogP contribution in [0.15, 0.2) is 153 Å². The molecule has 0 unspecified atom stereocenters. The molecule has 0 saturated carbocycles. The standard InChI is InChI=1S/C16H13F5N4O2.C15H11F5N4O2.C15H11F5N4.C14H8F6N4O.C14H8F6N4/c1-15(17,18)14-24-23-13-6-22-12(7-25(13)14)11-4-3-10(27-16(19,20)21)5-9(11)8-26-2;1-14(16,17)13-23-22-12-6-21-10(7-24(12)13)9-4-3-8(5-11(9)25-2)26-15(18,19)20;1-8-5-9(15(18,19)20)3-4-10(8)11-7-24-12(6-21-11)22-23-13(24)14(2,16)17;1-13(16,17)12-23-22-11-5-21-10(6-24(11)12)8-3-2-7(4-9(8)15)25-14(18,19)20;1-13(16,17)12-23-22-11-5-21-10(6-24(11)12)8-3-2-7(4-9(8)15)14(18,19)20/h3-7H,8H2,1-2H3;3-7H,1-2H3;3-7H,1-2H3;2-6H,1H3;2-6H,1H3. The van der Waals surface area contributed by atoms with E-state index in [1.807, 2.05) is 0 Å². The van der Waals surface area contributed by atoms with Gasteiger partial charge >= 0.3 is 61.1 Å². The lowest BCUT2D eigenvalue weighted by atomic mass is 10.0. The number of rotatable bonds is 16. The summed E-state index contributed by atoms with van der Waals surface area (Å²) in [7, 11) is 2.62. The first-order valence-corrected chi connectivity index (χ1v) is 34.7. The zero-order valence-corrected chi connectivity index (χ0v) is 64.3. The number of aromatic nitrogens is 20. The molecule has 0 spiro atoms. The van der Waals surface area contributed by atoms with Gasteiger partial charge in [-0.05, 0) is 90.8 Å². The van der Waals surface area contributed by atoms with Crippen LogP contribution in [0.4, 0.5) is 119 Å². The molecule has 0 aliphatic carbocycles. The molecule has 0 radical (unpaired) electrons. The Balaban J connectivity index is 0.000000153. The van der Waals surface area contributed by atoms with Gasteiger partial charge in [-0.15, -0.1) is 90.5 Å². The van der Waals surface area contributed by atoms with Crippen LogP contribution in [0.1, 0.15) is 86.0 Å². The van der Waals surface area contributed by atoms with E-state index in [-0.39, 0.29) is 85.8 Å². The third-order valence-corrected chi connectivity index (χ3v) is 16.8. The topological polar surface area (TPSA) is 262 Å². The van der Waals surface area contributed by atoms with Crippen LogP contribution in [0, 0.1) is 18.6 Å². The lowest BCUT2D eigenvalue weighted by Gasteiger charge is -2.14. The van der Waals surface area contributed by atoms with Crippen molar-refractivity contribution in [2.45, 2.75) is 109 Å². The molecule has 25 nitrogen and oxygen atoms in total. The molecule has 0 saturated heterocycles. The molecule has 0 fully saturated rings.